The van der Waals surface area contributed by atoms with Crippen molar-refractivity contribution in [2.75, 3.05) is 46.4 Å². The molecule has 0 spiro atoms. The highest BCUT2D eigenvalue weighted by atomic mass is 16.5. The van der Waals surface area contributed by atoms with Crippen LogP contribution in [-0.4, -0.2) is 73.5 Å². The normalized spacial score (nSPS) is 37.4. The van der Waals surface area contributed by atoms with Gasteiger partial charge in [-0.1, -0.05) is 51.5 Å². The Balaban J connectivity index is 1.17. The molecule has 0 radical (unpaired) electrons. The minimum atomic E-state index is -0.372. The summed E-state index contributed by atoms with van der Waals surface area (Å²) in [5.41, 5.74) is 4.40. The van der Waals surface area contributed by atoms with Crippen LogP contribution in [0.3, 0.4) is 0 Å². The van der Waals surface area contributed by atoms with Crippen LogP contribution in [0.5, 0.6) is 11.5 Å². The number of ether oxygens (including phenoxy) is 2. The van der Waals surface area contributed by atoms with E-state index in [2.05, 4.69) is 61.8 Å². The molecule has 5 nitrogen and oxygen atoms in total. The van der Waals surface area contributed by atoms with Gasteiger partial charge in [0.1, 0.15) is 6.61 Å². The highest BCUT2D eigenvalue weighted by molar-refractivity contribution is 5.60. The summed E-state index contributed by atoms with van der Waals surface area (Å²) >= 11 is 0. The summed E-state index contributed by atoms with van der Waals surface area (Å²) in [5.74, 6) is 3.54. The van der Waals surface area contributed by atoms with E-state index >= 15 is 0 Å². The number of hydrogen-bond acceptors (Lipinski definition) is 5. The van der Waals surface area contributed by atoms with Gasteiger partial charge in [-0.05, 0) is 130 Å². The monoisotopic (exact) mass is 576 g/mol. The van der Waals surface area contributed by atoms with Gasteiger partial charge in [-0.2, -0.15) is 0 Å². The first-order valence-electron chi connectivity index (χ1n) is 17.2. The molecule has 7 atom stereocenters. The van der Waals surface area contributed by atoms with E-state index in [1.54, 1.807) is 12.7 Å². The summed E-state index contributed by atoms with van der Waals surface area (Å²) in [6, 6.07) is 7.01. The van der Waals surface area contributed by atoms with Crippen molar-refractivity contribution in [2.24, 2.45) is 28.6 Å². The number of hydrogen-bond donors (Lipinski definition) is 1. The molecule has 0 aromatic heterocycles. The summed E-state index contributed by atoms with van der Waals surface area (Å²) in [5, 5.41) is 11.8. The predicted molar refractivity (Wildman–Crippen MR) is 172 cm³/mol. The second-order valence-electron chi connectivity index (χ2n) is 14.6. The van der Waals surface area contributed by atoms with Crippen LogP contribution in [0.4, 0.5) is 0 Å². The van der Waals surface area contributed by atoms with E-state index in [0.29, 0.717) is 23.9 Å². The molecule has 6 rings (SSSR count). The van der Waals surface area contributed by atoms with Crippen LogP contribution >= 0.6 is 0 Å². The Bertz CT molecular complexity index is 1170. The number of benzene rings is 1. The number of allylic oxidation sites excluding steroid dienone is 1. The van der Waals surface area contributed by atoms with Gasteiger partial charge in [0.05, 0.1) is 13.2 Å². The van der Waals surface area contributed by atoms with Crippen LogP contribution in [0, 0.1) is 28.6 Å². The van der Waals surface area contributed by atoms with Gasteiger partial charge in [0.2, 0.25) is 0 Å². The van der Waals surface area contributed by atoms with E-state index in [1.165, 1.54) is 63.6 Å². The first kappa shape index (κ1) is 30.2. The predicted octanol–water partition coefficient (Wildman–Crippen LogP) is 7.20. The van der Waals surface area contributed by atoms with Crippen LogP contribution in [-0.2, 0) is 0 Å². The number of methoxy groups -OCH3 is 1. The molecule has 1 heterocycles. The highest BCUT2D eigenvalue weighted by Gasteiger charge is 2.59. The number of rotatable bonds is 9. The Morgan fingerprint density at radius 1 is 1.02 bits per heavy atom. The third kappa shape index (κ3) is 5.37. The maximum atomic E-state index is 11.8. The lowest BCUT2D eigenvalue weighted by Crippen LogP contribution is -2.52. The van der Waals surface area contributed by atoms with E-state index in [9.17, 15) is 5.11 Å². The highest BCUT2D eigenvalue weighted by Crippen LogP contribution is 2.66. The van der Waals surface area contributed by atoms with E-state index < -0.39 is 0 Å². The first-order chi connectivity index (χ1) is 20.3. The largest absolute Gasteiger partial charge is 0.493 e. The Hall–Kier alpha value is -1.82. The molecule has 1 aromatic rings. The molecule has 1 aliphatic heterocycles. The smallest absolute Gasteiger partial charge is 0.161 e. The van der Waals surface area contributed by atoms with Crippen molar-refractivity contribution in [3.8, 4) is 11.5 Å². The second-order valence-corrected chi connectivity index (χ2v) is 14.6. The molecule has 1 N–H and O–H groups in total. The quantitative estimate of drug-likeness (QED) is 0.315. The maximum absolute atomic E-state index is 11.8. The molecule has 1 aromatic carbocycles. The van der Waals surface area contributed by atoms with Gasteiger partial charge in [0.15, 0.2) is 11.5 Å². The van der Waals surface area contributed by atoms with E-state index in [4.69, 9.17) is 9.47 Å². The fourth-order valence-electron chi connectivity index (χ4n) is 9.99. The molecular weight excluding hydrogens is 520 g/mol. The summed E-state index contributed by atoms with van der Waals surface area (Å²) in [6.45, 7) is 15.6. The summed E-state index contributed by atoms with van der Waals surface area (Å²) in [4.78, 5) is 5.15. The van der Waals surface area contributed by atoms with Crippen molar-refractivity contribution in [3.63, 3.8) is 0 Å². The standard InChI is InChI=1S/C37H56N2O3/c1-6-38(7-2)20-21-42-33-13-10-26(23-34(33)41-5)22-27-24-32-30-12-11-28-25-29(39-18-8-9-19-39)14-16-36(28,3)31(30)15-17-37(32,4)35(27)40/h10-11,13,22-23,29-32,35,40H,6-9,12,14-21,24-25H2,1-5H3/b27-22+/t29-,30?,31?,32?,35-,36-,37-/m0/s1. The number of likely N-dealkylation sites (N-methyl/N-ethyl adjacent to an activating group) is 1. The lowest BCUT2D eigenvalue weighted by atomic mass is 9.48. The molecule has 3 unspecified atom stereocenters. The number of aliphatic hydroxyl groups excluding tert-OH is 1. The van der Waals surface area contributed by atoms with E-state index in [0.717, 1.165) is 61.5 Å². The topological polar surface area (TPSA) is 45.2 Å². The van der Waals surface area contributed by atoms with Crippen molar-refractivity contribution < 1.29 is 14.6 Å². The van der Waals surface area contributed by atoms with Crippen LogP contribution in [0.1, 0.15) is 91.0 Å². The number of likely N-dealkylation sites (tertiary alicyclic amines) is 1. The number of nitrogens with zero attached hydrogens (tertiary/aromatic N) is 2. The van der Waals surface area contributed by atoms with Crippen molar-refractivity contribution in [1.82, 2.24) is 9.80 Å². The fraction of sp³-hybridized carbons (Fsp3) is 0.730. The van der Waals surface area contributed by atoms with Gasteiger partial charge in [-0.3, -0.25) is 0 Å². The van der Waals surface area contributed by atoms with Crippen LogP contribution in [0.25, 0.3) is 6.08 Å². The zero-order valence-electron chi connectivity index (χ0n) is 27.0. The van der Waals surface area contributed by atoms with Crippen LogP contribution < -0.4 is 9.47 Å². The number of aliphatic hydroxyl groups is 1. The molecule has 1 saturated heterocycles. The first-order valence-corrected chi connectivity index (χ1v) is 17.2. The minimum Gasteiger partial charge on any atom is -0.493 e. The zero-order chi connectivity index (χ0) is 29.5. The van der Waals surface area contributed by atoms with E-state index in [1.807, 2.05) is 6.07 Å². The summed E-state index contributed by atoms with van der Waals surface area (Å²) in [6.07, 6.45) is 15.9. The van der Waals surface area contributed by atoms with Crippen molar-refractivity contribution in [3.05, 3.63) is 41.0 Å². The summed E-state index contributed by atoms with van der Waals surface area (Å²) < 4.78 is 11.8. The number of fused-ring (bicyclic) bond motifs is 5. The molecular formula is C37H56N2O3. The third-order valence-electron chi connectivity index (χ3n) is 12.7. The van der Waals surface area contributed by atoms with Gasteiger partial charge in [-0.25, -0.2) is 0 Å². The Kier molecular flexibility index (Phi) is 8.84. The molecule has 5 heteroatoms. The Morgan fingerprint density at radius 2 is 1.81 bits per heavy atom. The lowest BCUT2D eigenvalue weighted by molar-refractivity contribution is -0.0662. The molecule has 232 valence electrons. The molecule has 4 aliphatic carbocycles. The van der Waals surface area contributed by atoms with Gasteiger partial charge < -0.3 is 24.4 Å². The Labute approximate surface area is 255 Å². The van der Waals surface area contributed by atoms with Gasteiger partial charge >= 0.3 is 0 Å². The van der Waals surface area contributed by atoms with Gasteiger partial charge in [0, 0.05) is 18.0 Å². The zero-order valence-corrected chi connectivity index (χ0v) is 27.0. The van der Waals surface area contributed by atoms with Crippen LogP contribution in [0.2, 0.25) is 0 Å². The summed E-state index contributed by atoms with van der Waals surface area (Å²) in [7, 11) is 1.72. The SMILES string of the molecule is CCN(CC)CCOc1ccc(/C=C2\CC3C4CC=C5C[C@@H](N6CCCC6)CC[C@]5(C)C4CC[C@]3(C)[C@H]2O)cc1OC. The molecule has 0 bridgehead atoms. The van der Waals surface area contributed by atoms with Gasteiger partial charge in [-0.15, -0.1) is 0 Å². The second kappa shape index (κ2) is 12.3. The molecule has 42 heavy (non-hydrogen) atoms. The average molecular weight is 577 g/mol. The third-order valence-corrected chi connectivity index (χ3v) is 12.7. The fourth-order valence-corrected chi connectivity index (χ4v) is 9.99. The van der Waals surface area contributed by atoms with Crippen molar-refractivity contribution in [1.29, 1.82) is 0 Å². The van der Waals surface area contributed by atoms with Crippen molar-refractivity contribution >= 4 is 6.08 Å². The van der Waals surface area contributed by atoms with Gasteiger partial charge in [0.25, 0.3) is 0 Å². The maximum Gasteiger partial charge on any atom is 0.161 e. The van der Waals surface area contributed by atoms with E-state index in [-0.39, 0.29) is 11.5 Å². The molecule has 3 saturated carbocycles. The molecule has 4 fully saturated rings. The molecule has 0 amide bonds. The Morgan fingerprint density at radius 3 is 2.55 bits per heavy atom. The lowest BCUT2D eigenvalue weighted by Gasteiger charge is -2.58. The average Bonchev–Trinajstić information content (AvgIpc) is 3.62. The molecule has 5 aliphatic rings. The minimum absolute atomic E-state index is 0.0287. The van der Waals surface area contributed by atoms with Crippen LogP contribution in [0.15, 0.2) is 35.4 Å². The van der Waals surface area contributed by atoms with Crippen molar-refractivity contribution in [2.45, 2.75) is 97.6 Å².